The molecule has 10 aromatic rings. The second kappa shape index (κ2) is 11.4. The second-order valence-corrected chi connectivity index (χ2v) is 12.7. The molecule has 0 saturated carbocycles. The Morgan fingerprint density at radius 3 is 1.44 bits per heavy atom. The number of para-hydroxylation sites is 2. The molecule has 0 spiro atoms. The van der Waals surface area contributed by atoms with Crippen LogP contribution in [0.4, 0.5) is 0 Å². The van der Waals surface area contributed by atoms with Crippen LogP contribution >= 0.6 is 0 Å². The minimum absolute atomic E-state index is 0.711. The molecule has 232 valence electrons. The lowest BCUT2D eigenvalue weighted by Gasteiger charge is -2.13. The number of fused-ring (bicyclic) bond motifs is 6. The van der Waals surface area contributed by atoms with Crippen LogP contribution in [-0.2, 0) is 0 Å². The van der Waals surface area contributed by atoms with Gasteiger partial charge in [0, 0.05) is 33.0 Å². The second-order valence-electron chi connectivity index (χ2n) is 12.7. The van der Waals surface area contributed by atoms with Crippen LogP contribution in [0.3, 0.4) is 0 Å². The van der Waals surface area contributed by atoms with Gasteiger partial charge >= 0.3 is 0 Å². The third-order valence-corrected chi connectivity index (χ3v) is 9.65. The van der Waals surface area contributed by atoms with E-state index in [1.54, 1.807) is 0 Å². The van der Waals surface area contributed by atoms with Crippen molar-refractivity contribution in [1.82, 2.24) is 19.9 Å². The molecule has 4 heteroatoms. The van der Waals surface area contributed by atoms with Crippen molar-refractivity contribution in [2.75, 3.05) is 0 Å². The van der Waals surface area contributed by atoms with Gasteiger partial charge in [0.25, 0.3) is 0 Å². The highest BCUT2D eigenvalue weighted by atomic mass is 14.9. The first-order valence-corrected chi connectivity index (χ1v) is 16.8. The first-order chi connectivity index (χ1) is 24.8. The molecule has 2 heterocycles. The summed E-state index contributed by atoms with van der Waals surface area (Å²) >= 11 is 0. The maximum atomic E-state index is 5.29. The van der Waals surface area contributed by atoms with Gasteiger partial charge in [0.2, 0.25) is 0 Å². The van der Waals surface area contributed by atoms with E-state index >= 15 is 0 Å². The van der Waals surface area contributed by atoms with Gasteiger partial charge in [-0.15, -0.1) is 0 Å². The lowest BCUT2D eigenvalue weighted by atomic mass is 9.96. The molecular formula is C46H28N4. The third-order valence-electron chi connectivity index (χ3n) is 9.65. The summed E-state index contributed by atoms with van der Waals surface area (Å²) in [5, 5.41) is 9.13. The Hall–Kier alpha value is -6.78. The van der Waals surface area contributed by atoms with Gasteiger partial charge in [0.05, 0.1) is 22.4 Å². The summed E-state index contributed by atoms with van der Waals surface area (Å²) in [6.45, 7) is 0. The molecule has 0 amide bonds. The zero-order valence-electron chi connectivity index (χ0n) is 27.0. The average molecular weight is 637 g/mol. The van der Waals surface area contributed by atoms with E-state index in [2.05, 4.69) is 152 Å². The topological polar surface area (TPSA) is 51.6 Å². The van der Waals surface area contributed by atoms with Crippen molar-refractivity contribution in [3.8, 4) is 45.3 Å². The minimum Gasteiger partial charge on any atom is -0.228 e. The van der Waals surface area contributed by atoms with Crippen molar-refractivity contribution >= 4 is 54.1 Å². The molecule has 0 atom stereocenters. The van der Waals surface area contributed by atoms with Gasteiger partial charge in [0.1, 0.15) is 0 Å². The van der Waals surface area contributed by atoms with Crippen LogP contribution in [-0.4, -0.2) is 19.9 Å². The molecule has 0 saturated heterocycles. The number of rotatable bonds is 4. The predicted molar refractivity (Wildman–Crippen MR) is 207 cm³/mol. The van der Waals surface area contributed by atoms with Crippen molar-refractivity contribution < 1.29 is 0 Å². The van der Waals surface area contributed by atoms with Crippen LogP contribution in [0.1, 0.15) is 0 Å². The number of nitrogens with zero attached hydrogens (tertiary/aromatic N) is 4. The van der Waals surface area contributed by atoms with E-state index in [0.29, 0.717) is 11.6 Å². The van der Waals surface area contributed by atoms with E-state index in [0.717, 1.165) is 60.8 Å². The molecular weight excluding hydrogens is 609 g/mol. The fourth-order valence-electron chi connectivity index (χ4n) is 7.20. The summed E-state index contributed by atoms with van der Waals surface area (Å²) in [5.74, 6) is 1.43. The fraction of sp³-hybridized carbons (Fsp3) is 0. The van der Waals surface area contributed by atoms with Gasteiger partial charge in [0.15, 0.2) is 11.6 Å². The Labute approximate surface area is 288 Å². The van der Waals surface area contributed by atoms with E-state index in [1.807, 2.05) is 18.2 Å². The predicted octanol–water partition coefficient (Wildman–Crippen LogP) is 11.7. The monoisotopic (exact) mass is 636 g/mol. The molecule has 2 aromatic heterocycles. The van der Waals surface area contributed by atoms with Gasteiger partial charge in [-0.2, -0.15) is 0 Å². The first-order valence-electron chi connectivity index (χ1n) is 16.8. The van der Waals surface area contributed by atoms with Crippen molar-refractivity contribution in [1.29, 1.82) is 0 Å². The highest BCUT2D eigenvalue weighted by molar-refractivity contribution is 6.13. The first kappa shape index (κ1) is 28.3. The number of aromatic nitrogens is 4. The maximum Gasteiger partial charge on any atom is 0.161 e. The Morgan fingerprint density at radius 1 is 0.280 bits per heavy atom. The van der Waals surface area contributed by atoms with Crippen LogP contribution < -0.4 is 0 Å². The molecule has 0 aliphatic carbocycles. The van der Waals surface area contributed by atoms with E-state index in [1.165, 1.54) is 26.9 Å². The summed E-state index contributed by atoms with van der Waals surface area (Å²) in [4.78, 5) is 20.6. The number of benzene rings is 8. The highest BCUT2D eigenvalue weighted by Gasteiger charge is 2.17. The fourth-order valence-corrected chi connectivity index (χ4v) is 7.20. The summed E-state index contributed by atoms with van der Waals surface area (Å²) < 4.78 is 0. The van der Waals surface area contributed by atoms with Crippen molar-refractivity contribution in [3.05, 3.63) is 170 Å². The molecule has 0 fully saturated rings. The van der Waals surface area contributed by atoms with Gasteiger partial charge < -0.3 is 0 Å². The summed E-state index contributed by atoms with van der Waals surface area (Å²) in [5.41, 5.74) is 7.69. The SMILES string of the molecule is c1ccc2cc(-c3nc(-c4ccc(-c5nc(-c6cc7ccccc7c7ccccc67)nc6ccccc56)cc4)c4ccccc4n3)ccc2c1. The quantitative estimate of drug-likeness (QED) is 0.180. The van der Waals surface area contributed by atoms with Crippen molar-refractivity contribution in [2.45, 2.75) is 0 Å². The Balaban J connectivity index is 1.12. The largest absolute Gasteiger partial charge is 0.228 e. The number of hydrogen-bond donors (Lipinski definition) is 0. The van der Waals surface area contributed by atoms with Crippen LogP contribution in [0.15, 0.2) is 170 Å². The normalized spacial score (nSPS) is 11.6. The summed E-state index contributed by atoms with van der Waals surface area (Å²) in [6.07, 6.45) is 0. The molecule has 50 heavy (non-hydrogen) atoms. The Bertz CT molecular complexity index is 2930. The number of hydrogen-bond acceptors (Lipinski definition) is 4. The molecule has 0 unspecified atom stereocenters. The molecule has 8 aromatic carbocycles. The highest BCUT2D eigenvalue weighted by Crippen LogP contribution is 2.37. The van der Waals surface area contributed by atoms with Gasteiger partial charge in [-0.3, -0.25) is 0 Å². The van der Waals surface area contributed by atoms with Gasteiger partial charge in [-0.05, 0) is 56.6 Å². The van der Waals surface area contributed by atoms with E-state index in [4.69, 9.17) is 19.9 Å². The van der Waals surface area contributed by atoms with Crippen LogP contribution in [0, 0.1) is 0 Å². The van der Waals surface area contributed by atoms with Crippen LogP contribution in [0.5, 0.6) is 0 Å². The van der Waals surface area contributed by atoms with Crippen molar-refractivity contribution in [3.63, 3.8) is 0 Å². The molecule has 0 aliphatic heterocycles. The maximum absolute atomic E-state index is 5.29. The minimum atomic E-state index is 0.711. The summed E-state index contributed by atoms with van der Waals surface area (Å²) in [7, 11) is 0. The van der Waals surface area contributed by atoms with E-state index in [9.17, 15) is 0 Å². The van der Waals surface area contributed by atoms with Gasteiger partial charge in [-0.1, -0.05) is 146 Å². The standard InChI is InChI=1S/C46H28N4/c1-2-12-32-27-34(26-21-29(32)11-1)45-47-41-19-9-7-17-38(41)43(49-45)30-22-24-31(25-23-30)44-39-18-8-10-20-42(39)48-46(50-44)40-28-33-13-3-4-14-35(33)36-15-5-6-16-37(36)40/h1-28H. The molecule has 0 radical (unpaired) electrons. The van der Waals surface area contributed by atoms with Crippen LogP contribution in [0.25, 0.3) is 99.4 Å². The lowest BCUT2D eigenvalue weighted by molar-refractivity contribution is 1.23. The zero-order chi connectivity index (χ0) is 33.0. The average Bonchev–Trinajstić information content (AvgIpc) is 3.19. The summed E-state index contributed by atoms with van der Waals surface area (Å²) in [6, 6.07) is 59.2. The lowest BCUT2D eigenvalue weighted by Crippen LogP contribution is -1.97. The van der Waals surface area contributed by atoms with E-state index < -0.39 is 0 Å². The third kappa shape index (κ3) is 4.69. The smallest absolute Gasteiger partial charge is 0.161 e. The molecule has 10 rings (SSSR count). The Kier molecular flexibility index (Phi) is 6.46. The Morgan fingerprint density at radius 2 is 0.760 bits per heavy atom. The van der Waals surface area contributed by atoms with Gasteiger partial charge in [-0.25, -0.2) is 19.9 Å². The molecule has 0 N–H and O–H groups in total. The molecule has 0 aliphatic rings. The molecule has 0 bridgehead atoms. The van der Waals surface area contributed by atoms with E-state index in [-0.39, 0.29) is 0 Å². The van der Waals surface area contributed by atoms with Crippen LogP contribution in [0.2, 0.25) is 0 Å². The van der Waals surface area contributed by atoms with Crippen molar-refractivity contribution in [2.24, 2.45) is 0 Å². The molecule has 4 nitrogen and oxygen atoms in total. The zero-order valence-corrected chi connectivity index (χ0v) is 27.0.